The molecule has 28 heavy (non-hydrogen) atoms. The summed E-state index contributed by atoms with van der Waals surface area (Å²) in [5.74, 6) is 0.254. The van der Waals surface area contributed by atoms with Gasteiger partial charge in [0.05, 0.1) is 16.9 Å². The average Bonchev–Trinajstić information content (AvgIpc) is 3.29. The predicted octanol–water partition coefficient (Wildman–Crippen LogP) is 5.79. The summed E-state index contributed by atoms with van der Waals surface area (Å²) in [6.45, 7) is 0. The van der Waals surface area contributed by atoms with Crippen LogP contribution in [0.1, 0.15) is 0 Å². The van der Waals surface area contributed by atoms with Crippen LogP contribution in [-0.4, -0.2) is 20.1 Å². The fourth-order valence-corrected chi connectivity index (χ4v) is 3.91. The molecular formula is C23H15N3OS. The third-order valence-electron chi connectivity index (χ3n) is 4.63. The van der Waals surface area contributed by atoms with Gasteiger partial charge in [0.15, 0.2) is 0 Å². The minimum Gasteiger partial charge on any atom is -0.507 e. The number of thiazole rings is 1. The van der Waals surface area contributed by atoms with Crippen molar-refractivity contribution in [2.75, 3.05) is 0 Å². The molecule has 0 amide bonds. The normalized spacial score (nSPS) is 11.0. The first kappa shape index (κ1) is 16.6. The third-order valence-corrected chi connectivity index (χ3v) is 5.43. The van der Waals surface area contributed by atoms with Gasteiger partial charge in [0.2, 0.25) is 0 Å². The maximum Gasteiger partial charge on any atom is 0.141 e. The first-order chi connectivity index (χ1) is 13.8. The molecule has 0 aliphatic rings. The Morgan fingerprint density at radius 3 is 2.50 bits per heavy atom. The van der Waals surface area contributed by atoms with Crippen molar-refractivity contribution >= 4 is 22.2 Å². The van der Waals surface area contributed by atoms with E-state index in [4.69, 9.17) is 4.98 Å². The van der Waals surface area contributed by atoms with E-state index in [1.807, 2.05) is 60.0 Å². The second-order valence-corrected chi connectivity index (χ2v) is 7.25. The summed E-state index contributed by atoms with van der Waals surface area (Å²) in [6, 6.07) is 21.3. The maximum absolute atomic E-state index is 10.3. The molecule has 4 nitrogen and oxygen atoms in total. The topological polar surface area (TPSA) is 58.9 Å². The summed E-state index contributed by atoms with van der Waals surface area (Å²) < 4.78 is 0. The molecule has 0 bridgehead atoms. The van der Waals surface area contributed by atoms with Crippen LogP contribution in [0, 0.1) is 0 Å². The summed E-state index contributed by atoms with van der Waals surface area (Å²) in [5.41, 5.74) is 5.34. The highest BCUT2D eigenvalue weighted by Crippen LogP contribution is 2.35. The van der Waals surface area contributed by atoms with Gasteiger partial charge >= 0.3 is 0 Å². The van der Waals surface area contributed by atoms with Crippen molar-refractivity contribution in [3.05, 3.63) is 84.5 Å². The van der Waals surface area contributed by atoms with Gasteiger partial charge in [0, 0.05) is 34.3 Å². The Morgan fingerprint density at radius 2 is 1.64 bits per heavy atom. The van der Waals surface area contributed by atoms with Crippen LogP contribution < -0.4 is 0 Å². The standard InChI is InChI=1S/C23H15N3OS/c27-22-7-2-1-4-17(22)16-10-11-24-20-9-8-15(14-18(16)20)19-5-3-6-21(26-19)23-25-12-13-28-23/h1-14,27H. The molecule has 1 N–H and O–H groups in total. The van der Waals surface area contributed by atoms with Gasteiger partial charge in [-0.05, 0) is 42.0 Å². The Labute approximate surface area is 165 Å². The number of para-hydroxylation sites is 1. The van der Waals surface area contributed by atoms with Gasteiger partial charge < -0.3 is 5.11 Å². The lowest BCUT2D eigenvalue weighted by Gasteiger charge is -2.10. The molecule has 0 spiro atoms. The number of phenolic OH excluding ortho intramolecular Hbond substituents is 1. The highest BCUT2D eigenvalue weighted by molar-refractivity contribution is 7.13. The quantitative estimate of drug-likeness (QED) is 0.429. The van der Waals surface area contributed by atoms with Crippen LogP contribution in [0.25, 0.3) is 44.0 Å². The van der Waals surface area contributed by atoms with Crippen molar-refractivity contribution in [1.82, 2.24) is 15.0 Å². The monoisotopic (exact) mass is 381 g/mol. The third kappa shape index (κ3) is 2.92. The lowest BCUT2D eigenvalue weighted by Crippen LogP contribution is -1.90. The van der Waals surface area contributed by atoms with E-state index in [-0.39, 0.29) is 5.75 Å². The number of pyridine rings is 2. The smallest absolute Gasteiger partial charge is 0.141 e. The molecule has 0 saturated carbocycles. The molecule has 5 heteroatoms. The Hall–Kier alpha value is -3.57. The SMILES string of the molecule is Oc1ccccc1-c1ccnc2ccc(-c3cccc(-c4nccs4)n3)cc12. The molecule has 3 heterocycles. The number of fused-ring (bicyclic) bond motifs is 1. The summed E-state index contributed by atoms with van der Waals surface area (Å²) >= 11 is 1.57. The van der Waals surface area contributed by atoms with Crippen LogP contribution in [0.15, 0.2) is 84.5 Å². The summed E-state index contributed by atoms with van der Waals surface area (Å²) in [4.78, 5) is 13.6. The maximum atomic E-state index is 10.3. The first-order valence-corrected chi connectivity index (χ1v) is 9.72. The van der Waals surface area contributed by atoms with E-state index >= 15 is 0 Å². The molecule has 134 valence electrons. The zero-order chi connectivity index (χ0) is 18.9. The van der Waals surface area contributed by atoms with Crippen molar-refractivity contribution < 1.29 is 5.11 Å². The number of aromatic hydroxyl groups is 1. The van der Waals surface area contributed by atoms with Crippen molar-refractivity contribution in [3.63, 3.8) is 0 Å². The number of rotatable bonds is 3. The van der Waals surface area contributed by atoms with E-state index < -0.39 is 0 Å². The molecule has 5 rings (SSSR count). The minimum absolute atomic E-state index is 0.254. The van der Waals surface area contributed by atoms with Gasteiger partial charge in [-0.2, -0.15) is 0 Å². The van der Waals surface area contributed by atoms with Gasteiger partial charge in [-0.15, -0.1) is 11.3 Å². The molecule has 0 radical (unpaired) electrons. The van der Waals surface area contributed by atoms with E-state index in [0.717, 1.165) is 44.0 Å². The Kier molecular flexibility index (Phi) is 4.07. The molecule has 2 aromatic carbocycles. The first-order valence-electron chi connectivity index (χ1n) is 8.84. The van der Waals surface area contributed by atoms with E-state index in [9.17, 15) is 5.11 Å². The lowest BCUT2D eigenvalue weighted by atomic mass is 9.98. The molecule has 0 aliphatic carbocycles. The van der Waals surface area contributed by atoms with Crippen LogP contribution in [0.4, 0.5) is 0 Å². The molecular weight excluding hydrogens is 366 g/mol. The van der Waals surface area contributed by atoms with E-state index in [0.29, 0.717) is 0 Å². The Balaban J connectivity index is 1.68. The van der Waals surface area contributed by atoms with Crippen LogP contribution in [0.3, 0.4) is 0 Å². The molecule has 0 atom stereocenters. The van der Waals surface area contributed by atoms with Crippen LogP contribution in [0.2, 0.25) is 0 Å². The van der Waals surface area contributed by atoms with Crippen LogP contribution >= 0.6 is 11.3 Å². The molecule has 0 fully saturated rings. The highest BCUT2D eigenvalue weighted by Gasteiger charge is 2.11. The summed E-state index contributed by atoms with van der Waals surface area (Å²) in [6.07, 6.45) is 3.56. The molecule has 0 saturated heterocycles. The fourth-order valence-electron chi connectivity index (χ4n) is 3.31. The van der Waals surface area contributed by atoms with Gasteiger partial charge in [-0.25, -0.2) is 9.97 Å². The molecule has 3 aromatic heterocycles. The zero-order valence-corrected chi connectivity index (χ0v) is 15.6. The van der Waals surface area contributed by atoms with E-state index in [1.165, 1.54) is 0 Å². The fraction of sp³-hybridized carbons (Fsp3) is 0. The van der Waals surface area contributed by atoms with Gasteiger partial charge in [-0.3, -0.25) is 4.98 Å². The predicted molar refractivity (Wildman–Crippen MR) is 113 cm³/mol. The van der Waals surface area contributed by atoms with Crippen LogP contribution in [-0.2, 0) is 0 Å². The molecule has 0 unspecified atom stereocenters. The van der Waals surface area contributed by atoms with Gasteiger partial charge in [0.25, 0.3) is 0 Å². The number of hydrogen-bond acceptors (Lipinski definition) is 5. The highest BCUT2D eigenvalue weighted by atomic mass is 32.1. The van der Waals surface area contributed by atoms with E-state index in [2.05, 4.69) is 16.0 Å². The number of benzene rings is 2. The lowest BCUT2D eigenvalue weighted by molar-refractivity contribution is 0.477. The van der Waals surface area contributed by atoms with Gasteiger partial charge in [-0.1, -0.05) is 30.3 Å². The minimum atomic E-state index is 0.254. The van der Waals surface area contributed by atoms with Crippen molar-refractivity contribution in [2.24, 2.45) is 0 Å². The van der Waals surface area contributed by atoms with Crippen molar-refractivity contribution in [1.29, 1.82) is 0 Å². The van der Waals surface area contributed by atoms with Crippen molar-refractivity contribution in [2.45, 2.75) is 0 Å². The zero-order valence-electron chi connectivity index (χ0n) is 14.8. The number of aromatic nitrogens is 3. The number of hydrogen-bond donors (Lipinski definition) is 1. The van der Waals surface area contributed by atoms with E-state index in [1.54, 1.807) is 29.8 Å². The largest absolute Gasteiger partial charge is 0.507 e. The second kappa shape index (κ2) is 6.87. The molecule has 5 aromatic rings. The summed E-state index contributed by atoms with van der Waals surface area (Å²) in [7, 11) is 0. The van der Waals surface area contributed by atoms with Gasteiger partial charge in [0.1, 0.15) is 10.8 Å². The van der Waals surface area contributed by atoms with Crippen molar-refractivity contribution in [3.8, 4) is 38.8 Å². The summed E-state index contributed by atoms with van der Waals surface area (Å²) in [5, 5.41) is 14.1. The number of phenols is 1. The second-order valence-electron chi connectivity index (χ2n) is 6.35. The average molecular weight is 381 g/mol. The Bertz CT molecular complexity index is 1280. The molecule has 0 aliphatic heterocycles. The number of nitrogens with zero attached hydrogens (tertiary/aromatic N) is 3. The Morgan fingerprint density at radius 1 is 0.750 bits per heavy atom. The van der Waals surface area contributed by atoms with Crippen LogP contribution in [0.5, 0.6) is 5.75 Å².